The molecule has 5 N–H and O–H groups in total. The van der Waals surface area contributed by atoms with Crippen LogP contribution in [0.15, 0.2) is 9.95 Å². The van der Waals surface area contributed by atoms with Gasteiger partial charge in [0.15, 0.2) is 5.16 Å². The maximum absolute atomic E-state index is 11.3. The van der Waals surface area contributed by atoms with Gasteiger partial charge < -0.3 is 11.5 Å². The van der Waals surface area contributed by atoms with Gasteiger partial charge in [0, 0.05) is 12.3 Å². The van der Waals surface area contributed by atoms with E-state index in [1.54, 1.807) is 11.5 Å². The van der Waals surface area contributed by atoms with Crippen LogP contribution in [0.5, 0.6) is 0 Å². The van der Waals surface area contributed by atoms with Crippen molar-refractivity contribution in [2.75, 3.05) is 5.75 Å². The lowest BCUT2D eigenvalue weighted by Crippen LogP contribution is -2.49. The number of H-pyrrole nitrogens is 1. The van der Waals surface area contributed by atoms with E-state index in [0.717, 1.165) is 18.6 Å². The Morgan fingerprint density at radius 2 is 2.21 bits per heavy atom. The molecular weight excluding hydrogens is 266 g/mol. The summed E-state index contributed by atoms with van der Waals surface area (Å²) < 4.78 is 1.58. The van der Waals surface area contributed by atoms with Crippen molar-refractivity contribution >= 4 is 17.7 Å². The van der Waals surface area contributed by atoms with Gasteiger partial charge in [-0.15, -0.1) is 5.10 Å². The Labute approximate surface area is 116 Å². The standard InChI is InChI=1S/C11H21N5O2S/c1-3-16-9(18)14-15-10(16)19-7-5-4-6-11(2,13)8(12)17/h3-7,13H2,1-2H3,(H2,12,17)(H,14,18). The summed E-state index contributed by atoms with van der Waals surface area (Å²) in [5.74, 6) is 0.339. The zero-order valence-corrected chi connectivity index (χ0v) is 12.1. The summed E-state index contributed by atoms with van der Waals surface area (Å²) in [6.45, 7) is 4.14. The van der Waals surface area contributed by atoms with E-state index in [1.807, 2.05) is 6.92 Å². The summed E-state index contributed by atoms with van der Waals surface area (Å²) in [7, 11) is 0. The predicted molar refractivity (Wildman–Crippen MR) is 74.9 cm³/mol. The molecule has 1 atom stereocenters. The summed E-state index contributed by atoms with van der Waals surface area (Å²) in [4.78, 5) is 22.4. The number of primary amides is 1. The first kappa shape index (κ1) is 15.8. The number of carbonyl (C=O) groups excluding carboxylic acids is 1. The van der Waals surface area contributed by atoms with E-state index < -0.39 is 11.4 Å². The fourth-order valence-electron chi connectivity index (χ4n) is 1.57. The van der Waals surface area contributed by atoms with Gasteiger partial charge in [-0.05, 0) is 26.7 Å². The molecule has 1 aromatic rings. The van der Waals surface area contributed by atoms with Crippen molar-refractivity contribution in [3.05, 3.63) is 10.5 Å². The molecule has 0 spiro atoms. The minimum atomic E-state index is -0.942. The fourth-order valence-corrected chi connectivity index (χ4v) is 2.58. The molecule has 1 heterocycles. The minimum absolute atomic E-state index is 0.187. The summed E-state index contributed by atoms with van der Waals surface area (Å²) >= 11 is 1.52. The molecule has 0 aromatic carbocycles. The first-order valence-electron chi connectivity index (χ1n) is 6.25. The highest BCUT2D eigenvalue weighted by molar-refractivity contribution is 7.99. The number of thioether (sulfide) groups is 1. The molecule has 8 heteroatoms. The molecule has 0 aliphatic carbocycles. The summed E-state index contributed by atoms with van der Waals surface area (Å²) in [6.07, 6.45) is 2.25. The average Bonchev–Trinajstić information content (AvgIpc) is 2.69. The molecule has 0 bridgehead atoms. The second-order valence-electron chi connectivity index (χ2n) is 4.64. The van der Waals surface area contributed by atoms with Gasteiger partial charge in [-0.1, -0.05) is 18.2 Å². The van der Waals surface area contributed by atoms with Crippen LogP contribution in [0.1, 0.15) is 33.1 Å². The van der Waals surface area contributed by atoms with E-state index in [-0.39, 0.29) is 5.69 Å². The molecule has 0 aliphatic heterocycles. The lowest BCUT2D eigenvalue weighted by molar-refractivity contribution is -0.122. The van der Waals surface area contributed by atoms with Crippen LogP contribution in [0, 0.1) is 0 Å². The number of hydrogen-bond donors (Lipinski definition) is 3. The first-order chi connectivity index (χ1) is 8.88. The van der Waals surface area contributed by atoms with Gasteiger partial charge in [0.1, 0.15) is 0 Å². The monoisotopic (exact) mass is 287 g/mol. The highest BCUT2D eigenvalue weighted by Crippen LogP contribution is 2.17. The lowest BCUT2D eigenvalue weighted by atomic mass is 9.96. The summed E-state index contributed by atoms with van der Waals surface area (Å²) in [6, 6.07) is 0. The minimum Gasteiger partial charge on any atom is -0.368 e. The molecule has 108 valence electrons. The van der Waals surface area contributed by atoms with Crippen molar-refractivity contribution in [2.45, 2.75) is 50.4 Å². The molecule has 1 aromatic heterocycles. The largest absolute Gasteiger partial charge is 0.368 e. The Morgan fingerprint density at radius 3 is 2.79 bits per heavy atom. The van der Waals surface area contributed by atoms with E-state index in [4.69, 9.17) is 11.5 Å². The normalized spacial score (nSPS) is 14.3. The van der Waals surface area contributed by atoms with Crippen molar-refractivity contribution in [1.82, 2.24) is 14.8 Å². The van der Waals surface area contributed by atoms with Gasteiger partial charge in [-0.3, -0.25) is 9.36 Å². The molecule has 0 saturated heterocycles. The number of carbonyl (C=O) groups is 1. The molecule has 0 aliphatic rings. The van der Waals surface area contributed by atoms with Gasteiger partial charge >= 0.3 is 5.69 Å². The maximum atomic E-state index is 11.3. The topological polar surface area (TPSA) is 120 Å². The number of nitrogens with one attached hydrogen (secondary N) is 1. The van der Waals surface area contributed by atoms with Crippen LogP contribution < -0.4 is 17.2 Å². The molecule has 0 radical (unpaired) electrons. The Balaban J connectivity index is 2.32. The number of amides is 1. The van der Waals surface area contributed by atoms with E-state index in [2.05, 4.69) is 10.2 Å². The zero-order chi connectivity index (χ0) is 14.5. The van der Waals surface area contributed by atoms with E-state index in [9.17, 15) is 9.59 Å². The molecule has 7 nitrogen and oxygen atoms in total. The second-order valence-corrected chi connectivity index (χ2v) is 5.70. The Hall–Kier alpha value is -1.28. The molecule has 1 amide bonds. The third kappa shape index (κ3) is 4.39. The van der Waals surface area contributed by atoms with Crippen molar-refractivity contribution in [3.63, 3.8) is 0 Å². The highest BCUT2D eigenvalue weighted by atomic mass is 32.2. The van der Waals surface area contributed by atoms with Crippen molar-refractivity contribution in [1.29, 1.82) is 0 Å². The van der Waals surface area contributed by atoms with Crippen LogP contribution >= 0.6 is 11.8 Å². The number of aromatic nitrogens is 3. The second kappa shape index (κ2) is 6.76. The van der Waals surface area contributed by atoms with Gasteiger partial charge in [-0.25, -0.2) is 9.89 Å². The molecule has 1 rings (SSSR count). The molecule has 0 fully saturated rings. The van der Waals surface area contributed by atoms with E-state index >= 15 is 0 Å². The number of unbranched alkanes of at least 4 members (excludes halogenated alkanes) is 1. The Morgan fingerprint density at radius 1 is 1.53 bits per heavy atom. The molecule has 19 heavy (non-hydrogen) atoms. The zero-order valence-electron chi connectivity index (χ0n) is 11.3. The van der Waals surface area contributed by atoms with Crippen molar-refractivity contribution in [2.24, 2.45) is 11.5 Å². The number of aromatic amines is 1. The van der Waals surface area contributed by atoms with E-state index in [1.165, 1.54) is 11.8 Å². The van der Waals surface area contributed by atoms with Crippen molar-refractivity contribution < 1.29 is 4.79 Å². The van der Waals surface area contributed by atoms with Crippen LogP contribution in [0.4, 0.5) is 0 Å². The van der Waals surface area contributed by atoms with Crippen molar-refractivity contribution in [3.8, 4) is 0 Å². The molecular formula is C11H21N5O2S. The quantitative estimate of drug-likeness (QED) is 0.461. The number of rotatable bonds is 8. The predicted octanol–water partition coefficient (Wildman–Crippen LogP) is 0.0564. The third-order valence-corrected chi connectivity index (χ3v) is 3.99. The molecule has 0 saturated carbocycles. The van der Waals surface area contributed by atoms with Crippen LogP contribution in [0.3, 0.4) is 0 Å². The van der Waals surface area contributed by atoms with Gasteiger partial charge in [0.2, 0.25) is 5.91 Å². The SMILES string of the molecule is CCn1c(SCCCCC(C)(N)C(N)=O)n[nH]c1=O. The Bertz CT molecular complexity index is 480. The summed E-state index contributed by atoms with van der Waals surface area (Å²) in [5.41, 5.74) is 9.82. The van der Waals surface area contributed by atoms with Crippen LogP contribution in [-0.4, -0.2) is 32.0 Å². The fraction of sp³-hybridized carbons (Fsp3) is 0.727. The maximum Gasteiger partial charge on any atom is 0.343 e. The first-order valence-corrected chi connectivity index (χ1v) is 7.24. The summed E-state index contributed by atoms with van der Waals surface area (Å²) in [5, 5.41) is 7.07. The third-order valence-electron chi connectivity index (χ3n) is 2.92. The average molecular weight is 287 g/mol. The highest BCUT2D eigenvalue weighted by Gasteiger charge is 2.24. The number of hydrogen-bond acceptors (Lipinski definition) is 5. The van der Waals surface area contributed by atoms with E-state index in [0.29, 0.717) is 18.1 Å². The van der Waals surface area contributed by atoms with Crippen LogP contribution in [0.2, 0.25) is 0 Å². The molecule has 1 unspecified atom stereocenters. The number of nitrogens with two attached hydrogens (primary N) is 2. The van der Waals surface area contributed by atoms with Crippen LogP contribution in [-0.2, 0) is 11.3 Å². The number of nitrogens with zero attached hydrogens (tertiary/aromatic N) is 2. The lowest BCUT2D eigenvalue weighted by Gasteiger charge is -2.19. The smallest absolute Gasteiger partial charge is 0.343 e. The Kier molecular flexibility index (Phi) is 5.61. The van der Waals surface area contributed by atoms with Gasteiger partial charge in [0.25, 0.3) is 0 Å². The van der Waals surface area contributed by atoms with Gasteiger partial charge in [-0.2, -0.15) is 0 Å². The van der Waals surface area contributed by atoms with Gasteiger partial charge in [0.05, 0.1) is 5.54 Å². The van der Waals surface area contributed by atoms with Crippen LogP contribution in [0.25, 0.3) is 0 Å².